The molecule has 2 aromatic carbocycles. The summed E-state index contributed by atoms with van der Waals surface area (Å²) in [7, 11) is 0. The van der Waals surface area contributed by atoms with Crippen molar-refractivity contribution in [1.29, 1.82) is 0 Å². The topological polar surface area (TPSA) is 95.5 Å². The molecule has 0 aromatic heterocycles. The third kappa shape index (κ3) is 4.97. The van der Waals surface area contributed by atoms with E-state index in [2.05, 4.69) is 10.6 Å². The molecule has 1 fully saturated rings. The van der Waals surface area contributed by atoms with Crippen molar-refractivity contribution in [3.8, 4) is 0 Å². The number of hydrogen-bond donors (Lipinski definition) is 3. The molecule has 1 aliphatic carbocycles. The van der Waals surface area contributed by atoms with Gasteiger partial charge in [-0.2, -0.15) is 0 Å². The van der Waals surface area contributed by atoms with Crippen LogP contribution in [0.4, 0.5) is 0 Å². The minimum atomic E-state index is -1.12. The summed E-state index contributed by atoms with van der Waals surface area (Å²) in [5.74, 6) is -1.37. The molecule has 0 saturated heterocycles. The number of carboxylic acid groups (broad SMARTS) is 1. The van der Waals surface area contributed by atoms with Gasteiger partial charge in [0.05, 0.1) is 0 Å². The fourth-order valence-electron chi connectivity index (χ4n) is 3.44. The van der Waals surface area contributed by atoms with Crippen molar-refractivity contribution in [3.63, 3.8) is 0 Å². The lowest BCUT2D eigenvalue weighted by molar-refractivity contribution is -0.139. The van der Waals surface area contributed by atoms with Gasteiger partial charge in [0, 0.05) is 18.0 Å². The molecule has 2 aromatic rings. The molecular formula is C22H24N2O4. The molecule has 3 rings (SSSR count). The lowest BCUT2D eigenvalue weighted by Crippen LogP contribution is -2.33. The minimum Gasteiger partial charge on any atom is -0.479 e. The lowest BCUT2D eigenvalue weighted by Gasteiger charge is -2.15. The van der Waals surface area contributed by atoms with Gasteiger partial charge in [-0.3, -0.25) is 9.59 Å². The second-order valence-corrected chi connectivity index (χ2v) is 7.05. The summed E-state index contributed by atoms with van der Waals surface area (Å²) in [4.78, 5) is 36.0. The Bertz CT molecular complexity index is 827. The van der Waals surface area contributed by atoms with Gasteiger partial charge >= 0.3 is 5.97 Å². The second kappa shape index (κ2) is 9.17. The van der Waals surface area contributed by atoms with Crippen LogP contribution in [-0.4, -0.2) is 22.9 Å². The highest BCUT2D eigenvalue weighted by molar-refractivity contribution is 5.96. The normalized spacial score (nSPS) is 15.0. The Balaban J connectivity index is 1.58. The standard InChI is InChI=1S/C22H24N2O4/c25-20(17-8-4-5-9-17)23-14-15-10-12-18(13-11-15)21(26)24-19(22(27)28)16-6-2-1-3-7-16/h1-3,6-7,10-13,17,19H,4-5,8-9,14H2,(H,23,25)(H,24,26)(H,27,28)/t19-/m1/s1. The summed E-state index contributed by atoms with van der Waals surface area (Å²) in [6.07, 6.45) is 4.14. The minimum absolute atomic E-state index is 0.0893. The molecule has 0 unspecified atom stereocenters. The van der Waals surface area contributed by atoms with E-state index in [9.17, 15) is 19.5 Å². The van der Waals surface area contributed by atoms with Crippen LogP contribution in [0.25, 0.3) is 0 Å². The number of benzene rings is 2. The Labute approximate surface area is 164 Å². The van der Waals surface area contributed by atoms with Gasteiger partial charge < -0.3 is 15.7 Å². The number of hydrogen-bond acceptors (Lipinski definition) is 3. The smallest absolute Gasteiger partial charge is 0.330 e. The molecule has 1 saturated carbocycles. The summed E-state index contributed by atoms with van der Waals surface area (Å²) in [6, 6.07) is 14.3. The zero-order chi connectivity index (χ0) is 19.9. The summed E-state index contributed by atoms with van der Waals surface area (Å²) >= 11 is 0. The first-order valence-corrected chi connectivity index (χ1v) is 9.50. The Kier molecular flexibility index (Phi) is 6.42. The van der Waals surface area contributed by atoms with E-state index in [1.807, 2.05) is 0 Å². The molecule has 1 aliphatic rings. The van der Waals surface area contributed by atoms with Gasteiger partial charge in [-0.15, -0.1) is 0 Å². The van der Waals surface area contributed by atoms with E-state index in [1.165, 1.54) is 0 Å². The van der Waals surface area contributed by atoms with Crippen LogP contribution in [0.3, 0.4) is 0 Å². The van der Waals surface area contributed by atoms with E-state index in [0.717, 1.165) is 31.2 Å². The van der Waals surface area contributed by atoms with Gasteiger partial charge in [0.1, 0.15) is 0 Å². The van der Waals surface area contributed by atoms with Crippen LogP contribution in [0.1, 0.15) is 53.2 Å². The predicted octanol–water partition coefficient (Wildman–Crippen LogP) is 3.05. The highest BCUT2D eigenvalue weighted by Crippen LogP contribution is 2.24. The number of carbonyl (C=O) groups excluding carboxylic acids is 2. The molecule has 2 amide bonds. The highest BCUT2D eigenvalue weighted by Gasteiger charge is 2.23. The fraction of sp³-hybridized carbons (Fsp3) is 0.318. The zero-order valence-corrected chi connectivity index (χ0v) is 15.6. The highest BCUT2D eigenvalue weighted by atomic mass is 16.4. The average Bonchev–Trinajstić information content (AvgIpc) is 3.26. The van der Waals surface area contributed by atoms with E-state index in [1.54, 1.807) is 54.6 Å². The Morgan fingerprint density at radius 1 is 0.964 bits per heavy atom. The third-order valence-electron chi connectivity index (χ3n) is 5.06. The molecule has 0 heterocycles. The van der Waals surface area contributed by atoms with E-state index < -0.39 is 17.9 Å². The second-order valence-electron chi connectivity index (χ2n) is 7.05. The predicted molar refractivity (Wildman–Crippen MR) is 105 cm³/mol. The van der Waals surface area contributed by atoms with Crippen LogP contribution in [0.5, 0.6) is 0 Å². The van der Waals surface area contributed by atoms with Gasteiger partial charge in [0.2, 0.25) is 5.91 Å². The van der Waals surface area contributed by atoms with Gasteiger partial charge in [0.15, 0.2) is 6.04 Å². The molecule has 6 heteroatoms. The van der Waals surface area contributed by atoms with E-state index >= 15 is 0 Å². The molecule has 0 radical (unpaired) electrons. The molecule has 3 N–H and O–H groups in total. The van der Waals surface area contributed by atoms with Crippen molar-refractivity contribution in [2.45, 2.75) is 38.3 Å². The molecule has 0 bridgehead atoms. The summed E-state index contributed by atoms with van der Waals surface area (Å²) in [5, 5.41) is 14.9. The van der Waals surface area contributed by atoms with Gasteiger partial charge in [-0.25, -0.2) is 4.79 Å². The van der Waals surface area contributed by atoms with Crippen LogP contribution in [0, 0.1) is 5.92 Å². The van der Waals surface area contributed by atoms with E-state index in [0.29, 0.717) is 17.7 Å². The molecule has 6 nitrogen and oxygen atoms in total. The van der Waals surface area contributed by atoms with Gasteiger partial charge in [0.25, 0.3) is 5.91 Å². The van der Waals surface area contributed by atoms with Crippen molar-refractivity contribution < 1.29 is 19.5 Å². The lowest BCUT2D eigenvalue weighted by atomic mass is 10.1. The first kappa shape index (κ1) is 19.6. The fourth-order valence-corrected chi connectivity index (χ4v) is 3.44. The van der Waals surface area contributed by atoms with Crippen molar-refractivity contribution in [1.82, 2.24) is 10.6 Å². The number of carboxylic acids is 1. The molecule has 1 atom stereocenters. The first-order chi connectivity index (χ1) is 13.5. The van der Waals surface area contributed by atoms with Crippen molar-refractivity contribution in [3.05, 3.63) is 71.3 Å². The summed E-state index contributed by atoms with van der Waals surface area (Å²) in [6.45, 7) is 0.416. The average molecular weight is 380 g/mol. The van der Waals surface area contributed by atoms with E-state index in [-0.39, 0.29) is 11.8 Å². The number of aliphatic carboxylic acids is 1. The van der Waals surface area contributed by atoms with Crippen molar-refractivity contribution in [2.24, 2.45) is 5.92 Å². The zero-order valence-electron chi connectivity index (χ0n) is 15.6. The third-order valence-corrected chi connectivity index (χ3v) is 5.06. The molecular weight excluding hydrogens is 356 g/mol. The molecule has 0 spiro atoms. The number of carbonyl (C=O) groups is 3. The van der Waals surface area contributed by atoms with Crippen LogP contribution in [0.2, 0.25) is 0 Å². The van der Waals surface area contributed by atoms with Crippen LogP contribution >= 0.6 is 0 Å². The van der Waals surface area contributed by atoms with E-state index in [4.69, 9.17) is 0 Å². The summed E-state index contributed by atoms with van der Waals surface area (Å²) in [5.41, 5.74) is 1.77. The molecule has 28 heavy (non-hydrogen) atoms. The van der Waals surface area contributed by atoms with Gasteiger partial charge in [-0.1, -0.05) is 55.3 Å². The Morgan fingerprint density at radius 3 is 2.21 bits per heavy atom. The number of amides is 2. The van der Waals surface area contributed by atoms with Crippen molar-refractivity contribution >= 4 is 17.8 Å². The van der Waals surface area contributed by atoms with Crippen LogP contribution in [0.15, 0.2) is 54.6 Å². The quantitative estimate of drug-likeness (QED) is 0.688. The maximum Gasteiger partial charge on any atom is 0.330 e. The Hall–Kier alpha value is -3.15. The number of nitrogens with one attached hydrogen (secondary N) is 2. The van der Waals surface area contributed by atoms with Crippen LogP contribution in [-0.2, 0) is 16.1 Å². The summed E-state index contributed by atoms with van der Waals surface area (Å²) < 4.78 is 0. The monoisotopic (exact) mass is 380 g/mol. The first-order valence-electron chi connectivity index (χ1n) is 9.50. The molecule has 0 aliphatic heterocycles. The maximum absolute atomic E-state index is 12.4. The molecule has 146 valence electrons. The number of rotatable bonds is 7. The SMILES string of the molecule is O=C(N[C@@H](C(=O)O)c1ccccc1)c1ccc(CNC(=O)C2CCCC2)cc1. The maximum atomic E-state index is 12.4. The van der Waals surface area contributed by atoms with Gasteiger partial charge in [-0.05, 0) is 36.1 Å². The van der Waals surface area contributed by atoms with Crippen LogP contribution < -0.4 is 10.6 Å². The Morgan fingerprint density at radius 2 is 1.61 bits per heavy atom. The largest absolute Gasteiger partial charge is 0.479 e. The van der Waals surface area contributed by atoms with Crippen molar-refractivity contribution in [2.75, 3.05) is 0 Å².